The van der Waals surface area contributed by atoms with Crippen molar-refractivity contribution in [2.45, 2.75) is 19.3 Å². The van der Waals surface area contributed by atoms with Crippen molar-refractivity contribution in [3.8, 4) is 0 Å². The number of nitrogens with one attached hydrogen (secondary N) is 2. The fourth-order valence-electron chi connectivity index (χ4n) is 2.82. The van der Waals surface area contributed by atoms with Crippen LogP contribution in [0, 0.1) is 0 Å². The predicted molar refractivity (Wildman–Crippen MR) is 115 cm³/mol. The molecule has 1 atom stereocenters. The summed E-state index contributed by atoms with van der Waals surface area (Å²) in [6, 6.07) is 18.6. The molecule has 2 rings (SSSR count). The average Bonchev–Trinajstić information content (AvgIpc) is 2.69. The lowest BCUT2D eigenvalue weighted by Gasteiger charge is -2.15. The highest BCUT2D eigenvalue weighted by atomic mass is 16.3. The van der Waals surface area contributed by atoms with Gasteiger partial charge in [0.25, 0.3) is 0 Å². The summed E-state index contributed by atoms with van der Waals surface area (Å²) in [5.41, 5.74) is 3.61. The zero-order chi connectivity index (χ0) is 19.5. The third kappa shape index (κ3) is 6.94. The largest absolute Gasteiger partial charge is 0.396 e. The second-order valence-corrected chi connectivity index (χ2v) is 6.75. The van der Waals surface area contributed by atoms with Crippen LogP contribution >= 0.6 is 0 Å². The molecule has 0 fully saturated rings. The molecular weight excluding hydrogens is 336 g/mol. The maximum atomic E-state index is 9.69. The Hall–Kier alpha value is -2.53. The van der Waals surface area contributed by atoms with Crippen LogP contribution in [0.25, 0.3) is 0 Å². The number of aliphatic hydroxyl groups is 1. The van der Waals surface area contributed by atoms with Crippen molar-refractivity contribution in [3.63, 3.8) is 0 Å². The summed E-state index contributed by atoms with van der Waals surface area (Å²) in [5.74, 6) is 0.803. The van der Waals surface area contributed by atoms with Gasteiger partial charge in [0.15, 0.2) is 5.96 Å². The van der Waals surface area contributed by atoms with Gasteiger partial charge in [-0.2, -0.15) is 0 Å². The second-order valence-electron chi connectivity index (χ2n) is 6.75. The quantitative estimate of drug-likeness (QED) is 0.470. The topological polar surface area (TPSA) is 59.9 Å². The molecule has 2 aromatic rings. The molecule has 27 heavy (non-hydrogen) atoms. The summed E-state index contributed by atoms with van der Waals surface area (Å²) in [6.07, 6.45) is 0.931. The first-order valence-corrected chi connectivity index (χ1v) is 9.58. The highest BCUT2D eigenvalue weighted by Gasteiger charge is 2.10. The van der Waals surface area contributed by atoms with E-state index in [1.54, 1.807) is 0 Å². The fourth-order valence-corrected chi connectivity index (χ4v) is 2.82. The van der Waals surface area contributed by atoms with Gasteiger partial charge >= 0.3 is 0 Å². The second kappa shape index (κ2) is 11.2. The molecule has 0 spiro atoms. The standard InChI is InChI=1S/C22H32N4O/c1-4-23-22(25-16-20(17-27)19-8-6-5-7-9-19)24-15-14-18-10-12-21(13-11-18)26(2)3/h5-13,20,27H,4,14-17H2,1-3H3,(H2,23,24,25). The van der Waals surface area contributed by atoms with Gasteiger partial charge in [0, 0.05) is 38.8 Å². The van der Waals surface area contributed by atoms with E-state index in [1.807, 2.05) is 44.4 Å². The number of nitrogens with zero attached hydrogens (tertiary/aromatic N) is 2. The van der Waals surface area contributed by atoms with Gasteiger partial charge in [-0.25, -0.2) is 0 Å². The zero-order valence-corrected chi connectivity index (χ0v) is 16.7. The molecule has 1 unspecified atom stereocenters. The highest BCUT2D eigenvalue weighted by Crippen LogP contribution is 2.15. The number of hydrogen-bond acceptors (Lipinski definition) is 3. The van der Waals surface area contributed by atoms with Crippen LogP contribution < -0.4 is 15.5 Å². The molecule has 0 radical (unpaired) electrons. The Balaban J connectivity index is 1.89. The van der Waals surface area contributed by atoms with Gasteiger partial charge in [-0.1, -0.05) is 42.5 Å². The number of rotatable bonds is 9. The number of benzene rings is 2. The summed E-state index contributed by atoms with van der Waals surface area (Å²) < 4.78 is 0. The minimum Gasteiger partial charge on any atom is -0.396 e. The van der Waals surface area contributed by atoms with E-state index in [2.05, 4.69) is 51.7 Å². The van der Waals surface area contributed by atoms with Gasteiger partial charge in [-0.3, -0.25) is 4.99 Å². The third-order valence-corrected chi connectivity index (χ3v) is 4.46. The van der Waals surface area contributed by atoms with Crippen LogP contribution in [-0.4, -0.2) is 51.4 Å². The predicted octanol–water partition coefficient (Wildman–Crippen LogP) is 2.63. The van der Waals surface area contributed by atoms with E-state index < -0.39 is 0 Å². The normalized spacial score (nSPS) is 12.5. The Bertz CT molecular complexity index is 683. The van der Waals surface area contributed by atoms with Gasteiger partial charge in [0.1, 0.15) is 0 Å². The van der Waals surface area contributed by atoms with Crippen LogP contribution in [0.4, 0.5) is 5.69 Å². The molecular formula is C22H32N4O. The Morgan fingerprint density at radius 1 is 1.04 bits per heavy atom. The molecule has 0 saturated carbocycles. The molecule has 0 amide bonds. The van der Waals surface area contributed by atoms with Gasteiger partial charge in [0.05, 0.1) is 13.2 Å². The number of aliphatic imine (C=N–C) groups is 1. The molecule has 0 aliphatic carbocycles. The summed E-state index contributed by atoms with van der Waals surface area (Å²) in [4.78, 5) is 6.76. The molecule has 0 aliphatic heterocycles. The van der Waals surface area contributed by atoms with Gasteiger partial charge in [0.2, 0.25) is 0 Å². The smallest absolute Gasteiger partial charge is 0.191 e. The fraction of sp³-hybridized carbons (Fsp3) is 0.409. The van der Waals surface area contributed by atoms with Crippen molar-refractivity contribution in [3.05, 3.63) is 65.7 Å². The molecule has 3 N–H and O–H groups in total. The van der Waals surface area contributed by atoms with Crippen molar-refractivity contribution < 1.29 is 5.11 Å². The average molecular weight is 369 g/mol. The summed E-state index contributed by atoms with van der Waals surface area (Å²) in [6.45, 7) is 4.30. The van der Waals surface area contributed by atoms with Crippen molar-refractivity contribution in [2.75, 3.05) is 45.2 Å². The van der Waals surface area contributed by atoms with Crippen molar-refractivity contribution in [1.29, 1.82) is 0 Å². The lowest BCUT2D eigenvalue weighted by molar-refractivity contribution is 0.268. The molecule has 146 valence electrons. The molecule has 0 aromatic heterocycles. The maximum absolute atomic E-state index is 9.69. The summed E-state index contributed by atoms with van der Waals surface area (Å²) >= 11 is 0. The maximum Gasteiger partial charge on any atom is 0.191 e. The van der Waals surface area contributed by atoms with Crippen molar-refractivity contribution in [1.82, 2.24) is 10.6 Å². The number of hydrogen-bond donors (Lipinski definition) is 3. The molecule has 0 bridgehead atoms. The van der Waals surface area contributed by atoms with E-state index in [-0.39, 0.29) is 12.5 Å². The first-order chi connectivity index (χ1) is 13.1. The van der Waals surface area contributed by atoms with Gasteiger partial charge < -0.3 is 20.6 Å². The van der Waals surface area contributed by atoms with E-state index in [4.69, 9.17) is 0 Å². The minimum atomic E-state index is 0.0141. The van der Waals surface area contributed by atoms with Crippen LogP contribution in [-0.2, 0) is 6.42 Å². The van der Waals surface area contributed by atoms with Crippen LogP contribution in [0.5, 0.6) is 0 Å². The highest BCUT2D eigenvalue weighted by molar-refractivity contribution is 5.79. The van der Waals surface area contributed by atoms with E-state index in [0.717, 1.165) is 31.0 Å². The lowest BCUT2D eigenvalue weighted by atomic mass is 10.0. The van der Waals surface area contributed by atoms with E-state index in [0.29, 0.717) is 6.54 Å². The number of guanidine groups is 1. The molecule has 2 aromatic carbocycles. The Labute approximate surface area is 163 Å². The van der Waals surface area contributed by atoms with Crippen LogP contribution in [0.1, 0.15) is 24.0 Å². The van der Waals surface area contributed by atoms with Crippen LogP contribution in [0.3, 0.4) is 0 Å². The van der Waals surface area contributed by atoms with Gasteiger partial charge in [-0.05, 0) is 36.6 Å². The monoisotopic (exact) mass is 368 g/mol. The molecule has 5 heteroatoms. The minimum absolute atomic E-state index is 0.0141. The molecule has 0 aliphatic rings. The SMILES string of the molecule is CCNC(=NCC(CO)c1ccccc1)NCCc1ccc(N(C)C)cc1. The van der Waals surface area contributed by atoms with Gasteiger partial charge in [-0.15, -0.1) is 0 Å². The summed E-state index contributed by atoms with van der Waals surface area (Å²) in [7, 11) is 4.09. The van der Waals surface area contributed by atoms with E-state index in [9.17, 15) is 5.11 Å². The van der Waals surface area contributed by atoms with E-state index in [1.165, 1.54) is 11.3 Å². The number of aliphatic hydroxyl groups excluding tert-OH is 1. The Kier molecular flexibility index (Phi) is 8.65. The van der Waals surface area contributed by atoms with Crippen LogP contribution in [0.2, 0.25) is 0 Å². The zero-order valence-electron chi connectivity index (χ0n) is 16.7. The van der Waals surface area contributed by atoms with Crippen molar-refractivity contribution in [2.24, 2.45) is 4.99 Å². The Morgan fingerprint density at radius 2 is 1.74 bits per heavy atom. The Morgan fingerprint density at radius 3 is 2.33 bits per heavy atom. The first-order valence-electron chi connectivity index (χ1n) is 9.58. The van der Waals surface area contributed by atoms with Crippen molar-refractivity contribution >= 4 is 11.6 Å². The first kappa shape index (κ1) is 20.8. The molecule has 0 heterocycles. The molecule has 5 nitrogen and oxygen atoms in total. The summed E-state index contributed by atoms with van der Waals surface area (Å²) in [5, 5.41) is 16.4. The molecule has 0 saturated heterocycles. The third-order valence-electron chi connectivity index (χ3n) is 4.46. The number of anilines is 1. The lowest BCUT2D eigenvalue weighted by Crippen LogP contribution is -2.38. The van der Waals surface area contributed by atoms with E-state index >= 15 is 0 Å². The van der Waals surface area contributed by atoms with Crippen LogP contribution in [0.15, 0.2) is 59.6 Å².